The molecular formula is C10H17N5O2S. The molecule has 1 saturated heterocycles. The lowest BCUT2D eigenvalue weighted by Crippen LogP contribution is -2.37. The van der Waals surface area contributed by atoms with Gasteiger partial charge in [-0.25, -0.2) is 13.1 Å². The standard InChI is InChI=1S/C10H17N5O2S/c1-15-5-3-8(7-15)14-18(16,17)10-6-12-4-2-9(10)13-11/h2,4,6,8,14H,3,5,7,11H2,1H3,(H,12,13). The lowest BCUT2D eigenvalue weighted by molar-refractivity contribution is 0.407. The minimum atomic E-state index is -3.59. The Labute approximate surface area is 106 Å². The van der Waals surface area contributed by atoms with E-state index in [0.717, 1.165) is 13.0 Å². The van der Waals surface area contributed by atoms with Crippen molar-refractivity contribution in [1.82, 2.24) is 14.6 Å². The van der Waals surface area contributed by atoms with E-state index < -0.39 is 10.0 Å². The van der Waals surface area contributed by atoms with Gasteiger partial charge in [0, 0.05) is 25.0 Å². The minimum absolute atomic E-state index is 0.0640. The summed E-state index contributed by atoms with van der Waals surface area (Å²) >= 11 is 0. The van der Waals surface area contributed by atoms with Gasteiger partial charge >= 0.3 is 0 Å². The summed E-state index contributed by atoms with van der Waals surface area (Å²) in [6.07, 6.45) is 3.58. The first-order valence-corrected chi connectivity index (χ1v) is 7.13. The van der Waals surface area contributed by atoms with Crippen molar-refractivity contribution in [3.05, 3.63) is 18.5 Å². The number of likely N-dealkylation sites (tertiary alicyclic amines) is 1. The van der Waals surface area contributed by atoms with E-state index in [1.807, 2.05) is 7.05 Å². The summed E-state index contributed by atoms with van der Waals surface area (Å²) in [4.78, 5) is 5.98. The number of nitrogens with two attached hydrogens (primary N) is 1. The molecule has 0 aromatic carbocycles. The molecule has 2 heterocycles. The molecule has 1 aromatic rings. The quantitative estimate of drug-likeness (QED) is 0.497. The van der Waals surface area contributed by atoms with Crippen molar-refractivity contribution in [2.24, 2.45) is 5.84 Å². The van der Waals surface area contributed by atoms with E-state index >= 15 is 0 Å². The molecule has 1 aromatic heterocycles. The number of nitrogen functional groups attached to an aromatic ring is 1. The SMILES string of the molecule is CN1CCC(NS(=O)(=O)c2cnccc2NN)C1. The number of nitrogens with zero attached hydrogens (tertiary/aromatic N) is 2. The molecule has 0 spiro atoms. The Morgan fingerprint density at radius 2 is 2.33 bits per heavy atom. The smallest absolute Gasteiger partial charge is 0.244 e. The molecule has 0 saturated carbocycles. The van der Waals surface area contributed by atoms with E-state index in [1.165, 1.54) is 18.5 Å². The van der Waals surface area contributed by atoms with E-state index in [9.17, 15) is 8.42 Å². The Kier molecular flexibility index (Phi) is 3.81. The zero-order valence-corrected chi connectivity index (χ0v) is 10.9. The maximum Gasteiger partial charge on any atom is 0.244 e. The lowest BCUT2D eigenvalue weighted by Gasteiger charge is -2.15. The molecule has 0 aliphatic carbocycles. The molecule has 1 aliphatic rings. The Hall–Kier alpha value is -1.22. The predicted molar refractivity (Wildman–Crippen MR) is 68.3 cm³/mol. The Balaban J connectivity index is 2.20. The third-order valence-electron chi connectivity index (χ3n) is 2.94. The zero-order chi connectivity index (χ0) is 13.2. The van der Waals surface area contributed by atoms with Crippen molar-refractivity contribution in [1.29, 1.82) is 0 Å². The van der Waals surface area contributed by atoms with Crippen LogP contribution in [0.5, 0.6) is 0 Å². The lowest BCUT2D eigenvalue weighted by atomic mass is 10.3. The van der Waals surface area contributed by atoms with Gasteiger partial charge in [0.2, 0.25) is 10.0 Å². The third kappa shape index (κ3) is 2.78. The Morgan fingerprint density at radius 1 is 1.56 bits per heavy atom. The largest absolute Gasteiger partial charge is 0.323 e. The van der Waals surface area contributed by atoms with Crippen LogP contribution in [0.2, 0.25) is 0 Å². The zero-order valence-electron chi connectivity index (χ0n) is 10.1. The van der Waals surface area contributed by atoms with E-state index in [2.05, 4.69) is 20.0 Å². The number of hydrogen-bond acceptors (Lipinski definition) is 6. The van der Waals surface area contributed by atoms with Crippen LogP contribution in [0.25, 0.3) is 0 Å². The maximum absolute atomic E-state index is 12.2. The fourth-order valence-electron chi connectivity index (χ4n) is 2.03. The number of hydrogen-bond donors (Lipinski definition) is 3. The second kappa shape index (κ2) is 5.19. The number of rotatable bonds is 4. The van der Waals surface area contributed by atoms with Crippen LogP contribution >= 0.6 is 0 Å². The van der Waals surface area contributed by atoms with Gasteiger partial charge in [-0.05, 0) is 26.1 Å². The van der Waals surface area contributed by atoms with Crippen LogP contribution in [-0.4, -0.2) is 44.5 Å². The number of pyridine rings is 1. The average Bonchev–Trinajstić information content (AvgIpc) is 2.74. The van der Waals surface area contributed by atoms with Gasteiger partial charge in [0.1, 0.15) is 4.90 Å². The monoisotopic (exact) mass is 271 g/mol. The van der Waals surface area contributed by atoms with Crippen molar-refractivity contribution in [3.63, 3.8) is 0 Å². The fraction of sp³-hybridized carbons (Fsp3) is 0.500. The normalized spacial score (nSPS) is 21.1. The first-order chi connectivity index (χ1) is 8.53. The van der Waals surface area contributed by atoms with Gasteiger partial charge in [0.05, 0.1) is 5.69 Å². The number of aromatic nitrogens is 1. The summed E-state index contributed by atoms with van der Waals surface area (Å²) in [6.45, 7) is 1.60. The molecular weight excluding hydrogens is 254 g/mol. The van der Waals surface area contributed by atoms with Crippen LogP contribution < -0.4 is 16.0 Å². The number of likely N-dealkylation sites (N-methyl/N-ethyl adjacent to an activating group) is 1. The summed E-state index contributed by atoms with van der Waals surface area (Å²) in [6, 6.07) is 1.46. The number of hydrazine groups is 1. The molecule has 8 heteroatoms. The van der Waals surface area contributed by atoms with Crippen LogP contribution in [0.3, 0.4) is 0 Å². The van der Waals surface area contributed by atoms with Crippen LogP contribution in [0, 0.1) is 0 Å². The Bertz CT molecular complexity index is 519. The van der Waals surface area contributed by atoms with Gasteiger partial charge < -0.3 is 10.3 Å². The molecule has 1 fully saturated rings. The molecule has 1 atom stereocenters. The van der Waals surface area contributed by atoms with Gasteiger partial charge in [-0.2, -0.15) is 0 Å². The third-order valence-corrected chi connectivity index (χ3v) is 4.49. The molecule has 18 heavy (non-hydrogen) atoms. The Morgan fingerprint density at radius 3 is 2.94 bits per heavy atom. The number of sulfonamides is 1. The van der Waals surface area contributed by atoms with Crippen molar-refractivity contribution in [3.8, 4) is 0 Å². The van der Waals surface area contributed by atoms with Crippen LogP contribution in [0.4, 0.5) is 5.69 Å². The summed E-state index contributed by atoms with van der Waals surface area (Å²) in [5, 5.41) is 0. The van der Waals surface area contributed by atoms with Crippen molar-refractivity contribution in [2.75, 3.05) is 25.6 Å². The van der Waals surface area contributed by atoms with E-state index in [4.69, 9.17) is 5.84 Å². The van der Waals surface area contributed by atoms with Crippen molar-refractivity contribution in [2.45, 2.75) is 17.4 Å². The molecule has 0 amide bonds. The van der Waals surface area contributed by atoms with Crippen LogP contribution in [-0.2, 0) is 10.0 Å². The van der Waals surface area contributed by atoms with Crippen molar-refractivity contribution >= 4 is 15.7 Å². The van der Waals surface area contributed by atoms with Gasteiger partial charge in [-0.15, -0.1) is 0 Å². The predicted octanol–water partition coefficient (Wildman–Crippen LogP) is -0.650. The summed E-state index contributed by atoms with van der Waals surface area (Å²) in [5.74, 6) is 5.30. The molecule has 7 nitrogen and oxygen atoms in total. The highest BCUT2D eigenvalue weighted by molar-refractivity contribution is 7.89. The van der Waals surface area contributed by atoms with Gasteiger partial charge in [-0.3, -0.25) is 10.8 Å². The van der Waals surface area contributed by atoms with E-state index in [0.29, 0.717) is 12.2 Å². The van der Waals surface area contributed by atoms with Crippen LogP contribution in [0.1, 0.15) is 6.42 Å². The highest BCUT2D eigenvalue weighted by Gasteiger charge is 2.27. The first kappa shape index (κ1) is 13.2. The minimum Gasteiger partial charge on any atom is -0.323 e. The highest BCUT2D eigenvalue weighted by atomic mass is 32.2. The molecule has 100 valence electrons. The molecule has 2 rings (SSSR count). The van der Waals surface area contributed by atoms with Gasteiger partial charge in [0.25, 0.3) is 0 Å². The number of anilines is 1. The second-order valence-electron chi connectivity index (χ2n) is 4.39. The first-order valence-electron chi connectivity index (χ1n) is 5.64. The van der Waals surface area contributed by atoms with Gasteiger partial charge in [0.15, 0.2) is 0 Å². The molecule has 1 aliphatic heterocycles. The van der Waals surface area contributed by atoms with E-state index in [1.54, 1.807) is 0 Å². The second-order valence-corrected chi connectivity index (χ2v) is 6.07. The number of nitrogens with one attached hydrogen (secondary N) is 2. The maximum atomic E-state index is 12.2. The fourth-order valence-corrected chi connectivity index (χ4v) is 3.40. The molecule has 1 unspecified atom stereocenters. The molecule has 4 N–H and O–H groups in total. The summed E-state index contributed by atoms with van der Waals surface area (Å²) < 4.78 is 27.1. The summed E-state index contributed by atoms with van der Waals surface area (Å²) in [7, 11) is -1.63. The molecule has 0 bridgehead atoms. The average molecular weight is 271 g/mol. The van der Waals surface area contributed by atoms with Gasteiger partial charge in [-0.1, -0.05) is 0 Å². The summed E-state index contributed by atoms with van der Waals surface area (Å²) in [5.41, 5.74) is 2.70. The highest BCUT2D eigenvalue weighted by Crippen LogP contribution is 2.19. The van der Waals surface area contributed by atoms with E-state index in [-0.39, 0.29) is 10.9 Å². The van der Waals surface area contributed by atoms with Crippen molar-refractivity contribution < 1.29 is 8.42 Å². The van der Waals surface area contributed by atoms with Crippen LogP contribution in [0.15, 0.2) is 23.4 Å². The topological polar surface area (TPSA) is 100 Å². The molecule has 0 radical (unpaired) electrons.